The van der Waals surface area contributed by atoms with Gasteiger partial charge in [0.05, 0.1) is 33.0 Å². The van der Waals surface area contributed by atoms with Crippen LogP contribution in [0.4, 0.5) is 5.82 Å². The lowest BCUT2D eigenvalue weighted by molar-refractivity contribution is -0.141. The van der Waals surface area contributed by atoms with Crippen LogP contribution in [0.3, 0.4) is 0 Å². The fourth-order valence-corrected chi connectivity index (χ4v) is 6.86. The number of aromatic nitrogens is 3. The number of likely N-dealkylation sites (N-methyl/N-ethyl adjacent to an activating group) is 1. The molecule has 1 atom stereocenters. The van der Waals surface area contributed by atoms with E-state index >= 15 is 0 Å². The van der Waals surface area contributed by atoms with Gasteiger partial charge in [-0.3, -0.25) is 9.69 Å². The van der Waals surface area contributed by atoms with E-state index in [9.17, 15) is 4.79 Å². The van der Waals surface area contributed by atoms with Crippen LogP contribution in [0.1, 0.15) is 36.9 Å². The molecule has 2 aliphatic rings. The van der Waals surface area contributed by atoms with Crippen LogP contribution in [0.15, 0.2) is 47.2 Å². The first kappa shape index (κ1) is 26.2. The zero-order chi connectivity index (χ0) is 26.9. The Morgan fingerprint density at radius 3 is 2.79 bits per heavy atom. The minimum absolute atomic E-state index is 0.0467. The monoisotopic (exact) mass is 565 g/mol. The third-order valence-electron chi connectivity index (χ3n) is 7.88. The number of halogens is 1. The van der Waals surface area contributed by atoms with Gasteiger partial charge in [-0.25, -0.2) is 9.97 Å². The molecule has 0 unspecified atom stereocenters. The van der Waals surface area contributed by atoms with Crippen molar-refractivity contribution >= 4 is 45.6 Å². The Balaban J connectivity index is 1.20. The van der Waals surface area contributed by atoms with E-state index in [2.05, 4.69) is 32.0 Å². The lowest BCUT2D eigenvalue weighted by Crippen LogP contribution is -2.59. The second kappa shape index (κ2) is 11.2. The van der Waals surface area contributed by atoms with Crippen LogP contribution < -0.4 is 5.73 Å². The number of hydrogen-bond acceptors (Lipinski definition) is 9. The number of rotatable bonds is 8. The van der Waals surface area contributed by atoms with Crippen molar-refractivity contribution < 1.29 is 9.32 Å². The smallest absolute Gasteiger partial charge is 0.237 e. The molecule has 11 heteroatoms. The van der Waals surface area contributed by atoms with Crippen LogP contribution in [0.5, 0.6) is 0 Å². The summed E-state index contributed by atoms with van der Waals surface area (Å²) < 4.78 is 6.30. The highest BCUT2D eigenvalue weighted by Gasteiger charge is 2.35. The molecule has 9 nitrogen and oxygen atoms in total. The van der Waals surface area contributed by atoms with Crippen LogP contribution in [-0.2, 0) is 17.9 Å². The molecule has 1 aliphatic heterocycles. The largest absolute Gasteiger partial charge is 0.383 e. The van der Waals surface area contributed by atoms with E-state index in [4.69, 9.17) is 21.9 Å². The van der Waals surface area contributed by atoms with E-state index in [-0.39, 0.29) is 11.9 Å². The molecule has 1 saturated carbocycles. The number of anilines is 1. The molecule has 1 amide bonds. The van der Waals surface area contributed by atoms with Gasteiger partial charge in [0, 0.05) is 43.7 Å². The summed E-state index contributed by atoms with van der Waals surface area (Å²) in [6.07, 6.45) is 6.48. The molecule has 0 bridgehead atoms. The molecule has 204 valence electrons. The van der Waals surface area contributed by atoms with E-state index in [1.165, 1.54) is 43.3 Å². The van der Waals surface area contributed by atoms with Gasteiger partial charge >= 0.3 is 0 Å². The number of thiophene rings is 1. The van der Waals surface area contributed by atoms with Gasteiger partial charge in [0.15, 0.2) is 5.76 Å². The van der Waals surface area contributed by atoms with Gasteiger partial charge in [0.25, 0.3) is 0 Å². The summed E-state index contributed by atoms with van der Waals surface area (Å²) in [5, 5.41) is 5.11. The van der Waals surface area contributed by atoms with Gasteiger partial charge in [0.1, 0.15) is 12.1 Å². The number of carbonyl (C=O) groups excluding carboxylic acids is 1. The van der Waals surface area contributed by atoms with Crippen LogP contribution in [0.25, 0.3) is 21.5 Å². The lowest BCUT2D eigenvalue weighted by Gasteiger charge is -2.43. The summed E-state index contributed by atoms with van der Waals surface area (Å²) in [6.45, 7) is 3.01. The highest BCUT2D eigenvalue weighted by molar-refractivity contribution is 7.19. The predicted molar refractivity (Wildman–Crippen MR) is 153 cm³/mol. The molecular weight excluding hydrogens is 534 g/mol. The third kappa shape index (κ3) is 5.79. The average Bonchev–Trinajstić information content (AvgIpc) is 3.69. The number of nitrogens with zero attached hydrogens (tertiary/aromatic N) is 6. The van der Waals surface area contributed by atoms with Crippen molar-refractivity contribution in [3.63, 3.8) is 0 Å². The van der Waals surface area contributed by atoms with Gasteiger partial charge in [-0.1, -0.05) is 35.7 Å². The zero-order valence-corrected chi connectivity index (χ0v) is 23.5. The summed E-state index contributed by atoms with van der Waals surface area (Å²) in [4.78, 5) is 29.7. The Labute approximate surface area is 236 Å². The number of piperazine rings is 1. The average molecular weight is 566 g/mol. The van der Waals surface area contributed by atoms with Crippen molar-refractivity contribution in [2.75, 3.05) is 32.4 Å². The Hall–Kier alpha value is -3.05. The predicted octanol–water partition coefficient (Wildman–Crippen LogP) is 4.67. The summed E-state index contributed by atoms with van der Waals surface area (Å²) in [7, 11) is 2.20. The van der Waals surface area contributed by atoms with E-state index in [0.29, 0.717) is 41.6 Å². The van der Waals surface area contributed by atoms with Crippen LogP contribution in [-0.4, -0.2) is 74.5 Å². The molecule has 2 N–H and O–H groups in total. The van der Waals surface area contributed by atoms with E-state index in [0.717, 1.165) is 40.1 Å². The Morgan fingerprint density at radius 1 is 1.15 bits per heavy atom. The molecule has 0 spiro atoms. The molecule has 0 radical (unpaired) electrons. The first-order valence-electron chi connectivity index (χ1n) is 13.4. The van der Waals surface area contributed by atoms with Crippen LogP contribution >= 0.6 is 22.9 Å². The highest BCUT2D eigenvalue weighted by atomic mass is 35.5. The van der Waals surface area contributed by atoms with Gasteiger partial charge in [-0.05, 0) is 49.7 Å². The maximum absolute atomic E-state index is 13.6. The first-order valence-corrected chi connectivity index (χ1v) is 14.5. The second-order valence-electron chi connectivity index (χ2n) is 10.6. The zero-order valence-electron chi connectivity index (χ0n) is 21.9. The lowest BCUT2D eigenvalue weighted by atomic mass is 10.1. The number of benzene rings is 1. The van der Waals surface area contributed by atoms with Crippen molar-refractivity contribution in [1.82, 2.24) is 29.8 Å². The van der Waals surface area contributed by atoms with Gasteiger partial charge in [0.2, 0.25) is 5.91 Å². The molecule has 4 heterocycles. The van der Waals surface area contributed by atoms with Crippen LogP contribution in [0, 0.1) is 0 Å². The Morgan fingerprint density at radius 2 is 2.00 bits per heavy atom. The Kier molecular flexibility index (Phi) is 7.53. The summed E-state index contributed by atoms with van der Waals surface area (Å²) in [6, 6.07) is 12.3. The molecule has 1 saturated heterocycles. The van der Waals surface area contributed by atoms with Crippen molar-refractivity contribution in [2.24, 2.45) is 0 Å². The fourth-order valence-electron chi connectivity index (χ4n) is 5.86. The maximum atomic E-state index is 13.6. The maximum Gasteiger partial charge on any atom is 0.237 e. The molecule has 6 rings (SSSR count). The number of carbonyl (C=O) groups is 1. The molecular formula is C28H32ClN7O2S. The van der Waals surface area contributed by atoms with Gasteiger partial charge in [-0.2, -0.15) is 0 Å². The second-order valence-corrected chi connectivity index (χ2v) is 12.3. The fraction of sp³-hybridized carbons (Fsp3) is 0.429. The molecule has 2 fully saturated rings. The summed E-state index contributed by atoms with van der Waals surface area (Å²) >= 11 is 7.55. The minimum atomic E-state index is 0.0467. The van der Waals surface area contributed by atoms with Crippen molar-refractivity contribution in [2.45, 2.75) is 50.9 Å². The van der Waals surface area contributed by atoms with Gasteiger partial charge < -0.3 is 20.1 Å². The Bertz CT molecular complexity index is 1470. The number of amides is 1. The van der Waals surface area contributed by atoms with Gasteiger partial charge in [-0.15, -0.1) is 11.3 Å². The molecule has 1 aliphatic carbocycles. The molecule has 4 aromatic rings. The highest BCUT2D eigenvalue weighted by Crippen LogP contribution is 2.32. The van der Waals surface area contributed by atoms with Crippen LogP contribution in [0.2, 0.25) is 4.34 Å². The number of nitrogen functional groups attached to an aromatic ring is 1. The standard InChI is InChI=1S/C28H32ClN7O2S/c1-34(20-4-2-3-5-20)14-21-15-35(13-19-11-24(38-33-19)25-8-9-26(29)39-25)16-27(37)36(21)12-18-6-7-22-23(10-18)31-17-32-28(22)30/h6-11,17,20-21H,2-5,12-16H2,1H3,(H2,30,31,32)/t21-/m1/s1. The molecule has 1 aromatic carbocycles. The summed E-state index contributed by atoms with van der Waals surface area (Å²) in [5.41, 5.74) is 8.66. The molecule has 39 heavy (non-hydrogen) atoms. The van der Waals surface area contributed by atoms with Crippen molar-refractivity contribution in [3.8, 4) is 10.6 Å². The van der Waals surface area contributed by atoms with E-state index in [1.54, 1.807) is 0 Å². The van der Waals surface area contributed by atoms with E-state index in [1.807, 2.05) is 41.3 Å². The van der Waals surface area contributed by atoms with E-state index < -0.39 is 0 Å². The topological polar surface area (TPSA) is 105 Å². The summed E-state index contributed by atoms with van der Waals surface area (Å²) in [5.74, 6) is 1.28. The quantitative estimate of drug-likeness (QED) is 0.329. The van der Waals surface area contributed by atoms with Crippen molar-refractivity contribution in [1.29, 1.82) is 0 Å². The molecule has 3 aromatic heterocycles. The SMILES string of the molecule is CN(C[C@@H]1CN(Cc2cc(-c3ccc(Cl)s3)on2)CC(=O)N1Cc1ccc2c(N)ncnc2c1)C1CCCC1. The number of fused-ring (bicyclic) bond motifs is 1. The minimum Gasteiger partial charge on any atom is -0.383 e. The normalized spacial score (nSPS) is 19.1. The number of nitrogens with two attached hydrogens (primary N) is 1. The number of hydrogen-bond donors (Lipinski definition) is 1. The first-order chi connectivity index (χ1) is 18.9. The van der Waals surface area contributed by atoms with Crippen molar-refractivity contribution in [3.05, 3.63) is 58.3 Å². The third-order valence-corrected chi connectivity index (χ3v) is 9.13.